The largest absolute Gasteiger partial charge is 0.424 e. The average Bonchev–Trinajstić information content (AvgIpc) is 2.57. The minimum Gasteiger partial charge on any atom is -0.424 e. The summed E-state index contributed by atoms with van der Waals surface area (Å²) in [5, 5.41) is 0. The van der Waals surface area contributed by atoms with E-state index in [1.807, 2.05) is 0 Å². The van der Waals surface area contributed by atoms with E-state index in [1.165, 1.54) is 115 Å². The average molecular weight is 343 g/mol. The molecule has 0 N–H and O–H groups in total. The van der Waals surface area contributed by atoms with Crippen LogP contribution in [0.2, 0.25) is 6.04 Å². The molecule has 0 spiro atoms. The third-order valence-corrected chi connectivity index (χ3v) is 6.15. The Kier molecular flexibility index (Phi) is 22.3. The van der Waals surface area contributed by atoms with Crippen LogP contribution in [0, 0.1) is 0 Å². The lowest BCUT2D eigenvalue weighted by Crippen LogP contribution is -2.00. The first-order valence-corrected chi connectivity index (χ1v) is 12.6. The van der Waals surface area contributed by atoms with Gasteiger partial charge in [0.25, 0.3) is 0 Å². The summed E-state index contributed by atoms with van der Waals surface area (Å²) in [6.07, 6.45) is 24.2. The van der Waals surface area contributed by atoms with Gasteiger partial charge in [-0.2, -0.15) is 0 Å². The van der Waals surface area contributed by atoms with Crippen molar-refractivity contribution in [2.24, 2.45) is 0 Å². The summed E-state index contributed by atoms with van der Waals surface area (Å²) in [4.78, 5) is 0. The van der Waals surface area contributed by atoms with Gasteiger partial charge in [-0.1, -0.05) is 117 Å². The van der Waals surface area contributed by atoms with Crippen molar-refractivity contribution in [3.63, 3.8) is 0 Å². The SMILES string of the molecule is CCCCCCCCCCCCCO[SiH2]CCCCCCCC. The van der Waals surface area contributed by atoms with Gasteiger partial charge in [0, 0.05) is 6.61 Å². The van der Waals surface area contributed by atoms with Crippen LogP contribution in [0.1, 0.15) is 123 Å². The van der Waals surface area contributed by atoms with Gasteiger partial charge in [0.15, 0.2) is 9.76 Å². The third kappa shape index (κ3) is 22.2. The Morgan fingerprint density at radius 1 is 0.478 bits per heavy atom. The molecule has 0 aliphatic carbocycles. The monoisotopic (exact) mass is 342 g/mol. The van der Waals surface area contributed by atoms with Gasteiger partial charge in [-0.3, -0.25) is 0 Å². The fourth-order valence-corrected chi connectivity index (χ4v) is 4.30. The zero-order valence-corrected chi connectivity index (χ0v) is 18.0. The molecule has 0 atom stereocenters. The van der Waals surface area contributed by atoms with Crippen molar-refractivity contribution in [3.8, 4) is 0 Å². The van der Waals surface area contributed by atoms with Gasteiger partial charge in [-0.15, -0.1) is 0 Å². The molecule has 1 nitrogen and oxygen atoms in total. The van der Waals surface area contributed by atoms with Crippen molar-refractivity contribution in [1.82, 2.24) is 0 Å². The topological polar surface area (TPSA) is 9.23 Å². The van der Waals surface area contributed by atoms with Gasteiger partial charge in [0.2, 0.25) is 0 Å². The number of rotatable bonds is 20. The van der Waals surface area contributed by atoms with Crippen LogP contribution < -0.4 is 0 Å². The zero-order valence-electron chi connectivity index (χ0n) is 16.6. The van der Waals surface area contributed by atoms with E-state index in [0.717, 1.165) is 6.61 Å². The maximum atomic E-state index is 5.88. The minimum atomic E-state index is -0.186. The molecule has 0 amide bonds. The van der Waals surface area contributed by atoms with Gasteiger partial charge < -0.3 is 4.43 Å². The van der Waals surface area contributed by atoms with Crippen LogP contribution in [0.3, 0.4) is 0 Å². The molecule has 2 heteroatoms. The maximum absolute atomic E-state index is 5.88. The summed E-state index contributed by atoms with van der Waals surface area (Å²) >= 11 is 0. The van der Waals surface area contributed by atoms with E-state index in [2.05, 4.69) is 13.8 Å². The van der Waals surface area contributed by atoms with Crippen molar-refractivity contribution in [2.45, 2.75) is 129 Å². The van der Waals surface area contributed by atoms with Gasteiger partial charge >= 0.3 is 0 Å². The predicted octanol–water partition coefficient (Wildman–Crippen LogP) is 7.18. The van der Waals surface area contributed by atoms with E-state index in [0.29, 0.717) is 0 Å². The van der Waals surface area contributed by atoms with E-state index in [1.54, 1.807) is 0 Å². The number of hydrogen-bond acceptors (Lipinski definition) is 1. The van der Waals surface area contributed by atoms with Crippen molar-refractivity contribution in [3.05, 3.63) is 0 Å². The second kappa shape index (κ2) is 22.2. The Bertz CT molecular complexity index is 176. The van der Waals surface area contributed by atoms with Crippen molar-refractivity contribution in [1.29, 1.82) is 0 Å². The van der Waals surface area contributed by atoms with Crippen LogP contribution in [-0.4, -0.2) is 16.4 Å². The van der Waals surface area contributed by atoms with E-state index in [4.69, 9.17) is 4.43 Å². The quantitative estimate of drug-likeness (QED) is 0.168. The van der Waals surface area contributed by atoms with Crippen LogP contribution >= 0.6 is 0 Å². The number of hydrogen-bond donors (Lipinski definition) is 0. The Labute approximate surface area is 150 Å². The lowest BCUT2D eigenvalue weighted by atomic mass is 10.1. The first kappa shape index (κ1) is 23.2. The van der Waals surface area contributed by atoms with E-state index in [-0.39, 0.29) is 9.76 Å². The predicted molar refractivity (Wildman–Crippen MR) is 109 cm³/mol. The first-order valence-electron chi connectivity index (χ1n) is 11.0. The smallest absolute Gasteiger partial charge is 0.161 e. The molecule has 0 aliphatic heterocycles. The standard InChI is InChI=1S/C21H46OSi/c1-3-5-7-9-11-12-13-14-15-16-18-20-22-23-21-19-17-10-8-6-4-2/h3-21,23H2,1-2H3. The highest BCUT2D eigenvalue weighted by Gasteiger charge is 1.95. The van der Waals surface area contributed by atoms with Crippen LogP contribution in [0.4, 0.5) is 0 Å². The van der Waals surface area contributed by atoms with E-state index in [9.17, 15) is 0 Å². The summed E-state index contributed by atoms with van der Waals surface area (Å²) in [5.74, 6) is 0. The molecule has 0 unspecified atom stereocenters. The fourth-order valence-electron chi connectivity index (χ4n) is 3.13. The van der Waals surface area contributed by atoms with E-state index < -0.39 is 0 Å². The molecule has 0 saturated carbocycles. The van der Waals surface area contributed by atoms with Crippen LogP contribution in [0.25, 0.3) is 0 Å². The summed E-state index contributed by atoms with van der Waals surface area (Å²) in [5.41, 5.74) is 0. The normalized spacial score (nSPS) is 11.7. The molecule has 0 aromatic heterocycles. The maximum Gasteiger partial charge on any atom is 0.161 e. The second-order valence-corrected chi connectivity index (χ2v) is 8.79. The highest BCUT2D eigenvalue weighted by molar-refractivity contribution is 6.26. The Morgan fingerprint density at radius 3 is 1.35 bits per heavy atom. The van der Waals surface area contributed by atoms with Crippen LogP contribution in [0.15, 0.2) is 0 Å². The molecule has 0 aromatic rings. The summed E-state index contributed by atoms with van der Waals surface area (Å²) in [6, 6.07) is 1.41. The molecule has 0 heterocycles. The zero-order chi connectivity index (χ0) is 16.8. The number of unbranched alkanes of at least 4 members (excludes halogenated alkanes) is 15. The summed E-state index contributed by atoms with van der Waals surface area (Å²) in [6.45, 7) is 5.63. The lowest BCUT2D eigenvalue weighted by molar-refractivity contribution is 0.319. The highest BCUT2D eigenvalue weighted by Crippen LogP contribution is 2.11. The fraction of sp³-hybridized carbons (Fsp3) is 1.00. The van der Waals surface area contributed by atoms with Crippen LogP contribution in [0.5, 0.6) is 0 Å². The van der Waals surface area contributed by atoms with Gasteiger partial charge in [0.05, 0.1) is 0 Å². The molecule has 0 radical (unpaired) electrons. The Hall–Kier alpha value is 0.177. The molecule has 0 rings (SSSR count). The lowest BCUT2D eigenvalue weighted by Gasteiger charge is -2.05. The van der Waals surface area contributed by atoms with Gasteiger partial charge in [-0.25, -0.2) is 0 Å². The third-order valence-electron chi connectivity index (χ3n) is 4.78. The van der Waals surface area contributed by atoms with Gasteiger partial charge in [-0.05, 0) is 12.5 Å². The van der Waals surface area contributed by atoms with E-state index >= 15 is 0 Å². The summed E-state index contributed by atoms with van der Waals surface area (Å²) < 4.78 is 5.88. The van der Waals surface area contributed by atoms with Crippen molar-refractivity contribution in [2.75, 3.05) is 6.61 Å². The van der Waals surface area contributed by atoms with Crippen LogP contribution in [-0.2, 0) is 4.43 Å². The molecule has 140 valence electrons. The molecule has 23 heavy (non-hydrogen) atoms. The van der Waals surface area contributed by atoms with Gasteiger partial charge in [0.1, 0.15) is 0 Å². The second-order valence-electron chi connectivity index (χ2n) is 7.27. The van der Waals surface area contributed by atoms with Crippen molar-refractivity contribution >= 4 is 9.76 Å². The van der Waals surface area contributed by atoms with Crippen molar-refractivity contribution < 1.29 is 4.43 Å². The molecule has 0 fully saturated rings. The molecule has 0 aromatic carbocycles. The minimum absolute atomic E-state index is 0.186. The first-order chi connectivity index (χ1) is 11.4. The Balaban J connectivity index is 2.92. The molecular formula is C21H46OSi. The molecule has 0 aliphatic rings. The summed E-state index contributed by atoms with van der Waals surface area (Å²) in [7, 11) is -0.186. The molecule has 0 saturated heterocycles. The highest BCUT2D eigenvalue weighted by atomic mass is 28.2. The molecular weight excluding hydrogens is 296 g/mol. The Morgan fingerprint density at radius 2 is 0.870 bits per heavy atom. The molecule has 0 bridgehead atoms.